The minimum absolute atomic E-state index is 0.266. The van der Waals surface area contributed by atoms with Crippen molar-refractivity contribution in [2.75, 3.05) is 13.7 Å². The Labute approximate surface area is 86.9 Å². The Hall–Kier alpha value is -0.0900. The summed E-state index contributed by atoms with van der Waals surface area (Å²) < 4.78 is 10.1. The molecule has 1 unspecified atom stereocenters. The molecule has 4 heteroatoms. The third-order valence-corrected chi connectivity index (χ3v) is 2.88. The van der Waals surface area contributed by atoms with E-state index < -0.39 is 0 Å². The lowest BCUT2D eigenvalue weighted by molar-refractivity contribution is -0.141. The molecule has 0 aromatic heterocycles. The first kappa shape index (κ1) is 11.0. The van der Waals surface area contributed by atoms with Gasteiger partial charge in [0.15, 0.2) is 0 Å². The van der Waals surface area contributed by atoms with Gasteiger partial charge in [0.25, 0.3) is 0 Å². The van der Waals surface area contributed by atoms with Gasteiger partial charge in [-0.05, 0) is 12.8 Å². The van der Waals surface area contributed by atoms with Gasteiger partial charge in [-0.1, -0.05) is 28.8 Å². The van der Waals surface area contributed by atoms with Crippen LogP contribution >= 0.6 is 15.9 Å². The van der Waals surface area contributed by atoms with Gasteiger partial charge in [-0.2, -0.15) is 0 Å². The maximum absolute atomic E-state index is 11.0. The van der Waals surface area contributed by atoms with Gasteiger partial charge in [0.05, 0.1) is 19.8 Å². The monoisotopic (exact) mass is 250 g/mol. The van der Waals surface area contributed by atoms with E-state index in [1.54, 1.807) is 0 Å². The third kappa shape index (κ3) is 3.65. The van der Waals surface area contributed by atoms with E-state index in [1.807, 2.05) is 0 Å². The highest BCUT2D eigenvalue weighted by Gasteiger charge is 2.20. The Morgan fingerprint density at radius 1 is 1.54 bits per heavy atom. The predicted molar refractivity (Wildman–Crippen MR) is 52.9 cm³/mol. The highest BCUT2D eigenvalue weighted by Crippen LogP contribution is 2.21. The number of hydrogen-bond donors (Lipinski definition) is 0. The molecule has 0 radical (unpaired) electrons. The number of hydrogen-bond acceptors (Lipinski definition) is 3. The summed E-state index contributed by atoms with van der Waals surface area (Å²) in [6.45, 7) is 0.414. The number of halogens is 1. The Balaban J connectivity index is 2.13. The molecule has 1 rings (SSSR count). The van der Waals surface area contributed by atoms with Gasteiger partial charge in [0.2, 0.25) is 0 Å². The van der Waals surface area contributed by atoms with E-state index in [-0.39, 0.29) is 10.8 Å². The number of carbonyl (C=O) groups is 1. The lowest BCUT2D eigenvalue weighted by Crippen LogP contribution is -2.24. The number of alkyl halides is 1. The van der Waals surface area contributed by atoms with Crippen LogP contribution in [0.5, 0.6) is 0 Å². The van der Waals surface area contributed by atoms with Crippen molar-refractivity contribution in [2.24, 2.45) is 0 Å². The number of ether oxygens (including phenoxy) is 2. The van der Waals surface area contributed by atoms with Crippen LogP contribution in [-0.2, 0) is 14.3 Å². The van der Waals surface area contributed by atoms with E-state index in [4.69, 9.17) is 4.74 Å². The molecule has 0 spiro atoms. The fourth-order valence-corrected chi connectivity index (χ4v) is 1.81. The van der Waals surface area contributed by atoms with Crippen molar-refractivity contribution < 1.29 is 14.3 Å². The number of rotatable bonds is 4. The molecule has 0 saturated heterocycles. The summed E-state index contributed by atoms with van der Waals surface area (Å²) in [6.07, 6.45) is 5.10. The van der Waals surface area contributed by atoms with Gasteiger partial charge in [-0.25, -0.2) is 0 Å². The normalized spacial score (nSPS) is 20.2. The summed E-state index contributed by atoms with van der Waals surface area (Å²) in [5, 5.41) is 0. The largest absolute Gasteiger partial charge is 0.468 e. The van der Waals surface area contributed by atoms with Crippen LogP contribution in [-0.4, -0.2) is 30.6 Å². The minimum Gasteiger partial charge on any atom is -0.468 e. The molecule has 0 N–H and O–H groups in total. The molecule has 1 aliphatic carbocycles. The lowest BCUT2D eigenvalue weighted by atomic mass is 10.3. The predicted octanol–water partition coefficient (Wildman–Crippen LogP) is 1.88. The van der Waals surface area contributed by atoms with Gasteiger partial charge in [-0.3, -0.25) is 4.79 Å². The molecule has 0 bridgehead atoms. The molecule has 13 heavy (non-hydrogen) atoms. The maximum Gasteiger partial charge on any atom is 0.321 e. The fraction of sp³-hybridized carbons (Fsp3) is 0.889. The second-order valence-electron chi connectivity index (χ2n) is 3.23. The summed E-state index contributed by atoms with van der Waals surface area (Å²) in [6, 6.07) is 0. The Morgan fingerprint density at radius 2 is 2.15 bits per heavy atom. The van der Waals surface area contributed by atoms with Crippen LogP contribution < -0.4 is 0 Å². The van der Waals surface area contributed by atoms with Gasteiger partial charge in [-0.15, -0.1) is 0 Å². The van der Waals surface area contributed by atoms with Crippen LogP contribution in [0.2, 0.25) is 0 Å². The molecule has 1 aliphatic rings. The van der Waals surface area contributed by atoms with Crippen molar-refractivity contribution in [1.29, 1.82) is 0 Å². The van der Waals surface area contributed by atoms with Gasteiger partial charge in [0, 0.05) is 0 Å². The highest BCUT2D eigenvalue weighted by atomic mass is 79.9. The molecular weight excluding hydrogens is 236 g/mol. The molecule has 1 saturated carbocycles. The van der Waals surface area contributed by atoms with Crippen molar-refractivity contribution in [3.63, 3.8) is 0 Å². The Kier molecular flexibility index (Phi) is 4.73. The van der Waals surface area contributed by atoms with Crippen molar-refractivity contribution in [1.82, 2.24) is 0 Å². The van der Waals surface area contributed by atoms with Crippen molar-refractivity contribution >= 4 is 21.9 Å². The minimum atomic E-state index is -0.321. The second-order valence-corrected chi connectivity index (χ2v) is 4.34. The fourth-order valence-electron chi connectivity index (χ4n) is 1.47. The van der Waals surface area contributed by atoms with Gasteiger partial charge in [0.1, 0.15) is 4.83 Å². The molecule has 76 valence electrons. The molecule has 0 heterocycles. The second kappa shape index (κ2) is 5.60. The Morgan fingerprint density at radius 3 is 2.69 bits per heavy atom. The van der Waals surface area contributed by atoms with E-state index in [9.17, 15) is 4.79 Å². The molecule has 0 aromatic rings. The quantitative estimate of drug-likeness (QED) is 0.565. The molecule has 0 aliphatic heterocycles. The Bertz CT molecular complexity index is 166. The van der Waals surface area contributed by atoms with Crippen LogP contribution in [0.3, 0.4) is 0 Å². The van der Waals surface area contributed by atoms with Gasteiger partial charge < -0.3 is 9.47 Å². The lowest BCUT2D eigenvalue weighted by Gasteiger charge is -2.13. The van der Waals surface area contributed by atoms with Crippen LogP contribution in [0.25, 0.3) is 0 Å². The smallest absolute Gasteiger partial charge is 0.321 e. The first-order valence-electron chi connectivity index (χ1n) is 4.57. The van der Waals surface area contributed by atoms with Crippen LogP contribution in [0.15, 0.2) is 0 Å². The van der Waals surface area contributed by atoms with E-state index in [0.717, 1.165) is 12.8 Å². The van der Waals surface area contributed by atoms with E-state index in [0.29, 0.717) is 12.7 Å². The van der Waals surface area contributed by atoms with E-state index in [1.165, 1.54) is 20.0 Å². The average Bonchev–Trinajstić information content (AvgIpc) is 2.65. The summed E-state index contributed by atoms with van der Waals surface area (Å²) >= 11 is 3.21. The van der Waals surface area contributed by atoms with Gasteiger partial charge >= 0.3 is 5.97 Å². The summed E-state index contributed by atoms with van der Waals surface area (Å²) in [5.41, 5.74) is 0. The zero-order valence-corrected chi connectivity index (χ0v) is 9.38. The zero-order valence-electron chi connectivity index (χ0n) is 7.79. The molecule has 1 fully saturated rings. The van der Waals surface area contributed by atoms with Crippen LogP contribution in [0.4, 0.5) is 0 Å². The highest BCUT2D eigenvalue weighted by molar-refractivity contribution is 9.10. The van der Waals surface area contributed by atoms with Crippen molar-refractivity contribution in [3.8, 4) is 0 Å². The standard InChI is InChI=1S/C9H15BrO3/c1-12-9(11)8(10)6-13-7-4-2-3-5-7/h7-8H,2-6H2,1H3. The van der Waals surface area contributed by atoms with Crippen LogP contribution in [0, 0.1) is 0 Å². The first-order chi connectivity index (χ1) is 6.24. The summed E-state index contributed by atoms with van der Waals surface area (Å²) in [5.74, 6) is -0.266. The van der Waals surface area contributed by atoms with Crippen molar-refractivity contribution in [3.05, 3.63) is 0 Å². The molecule has 1 atom stereocenters. The first-order valence-corrected chi connectivity index (χ1v) is 5.49. The van der Waals surface area contributed by atoms with E-state index in [2.05, 4.69) is 20.7 Å². The SMILES string of the molecule is COC(=O)C(Br)COC1CCCC1. The zero-order chi connectivity index (χ0) is 9.68. The summed E-state index contributed by atoms with van der Waals surface area (Å²) in [4.78, 5) is 10.6. The number of methoxy groups -OCH3 is 1. The van der Waals surface area contributed by atoms with Crippen molar-refractivity contribution in [2.45, 2.75) is 36.6 Å². The molecular formula is C9H15BrO3. The topological polar surface area (TPSA) is 35.5 Å². The van der Waals surface area contributed by atoms with Crippen LogP contribution in [0.1, 0.15) is 25.7 Å². The molecule has 0 amide bonds. The molecule has 0 aromatic carbocycles. The third-order valence-electron chi connectivity index (χ3n) is 2.24. The summed E-state index contributed by atoms with van der Waals surface area (Å²) in [7, 11) is 1.38. The average molecular weight is 251 g/mol. The van der Waals surface area contributed by atoms with E-state index >= 15 is 0 Å². The number of esters is 1. The molecule has 3 nitrogen and oxygen atoms in total. The number of carbonyl (C=O) groups excluding carboxylic acids is 1. The maximum atomic E-state index is 11.0.